The van der Waals surface area contributed by atoms with E-state index >= 15 is 0 Å². The Labute approximate surface area is 98.3 Å². The molecule has 0 fully saturated rings. The van der Waals surface area contributed by atoms with E-state index in [0.29, 0.717) is 0 Å². The lowest BCUT2D eigenvalue weighted by molar-refractivity contribution is 1.09. The number of nitrogens with zero attached hydrogens (tertiary/aromatic N) is 2. The van der Waals surface area contributed by atoms with Gasteiger partial charge in [0.05, 0.1) is 5.52 Å². The van der Waals surface area contributed by atoms with Gasteiger partial charge in [-0.05, 0) is 25.5 Å². The maximum Gasteiger partial charge on any atom is 0.177 e. The molecule has 0 saturated heterocycles. The van der Waals surface area contributed by atoms with Crippen molar-refractivity contribution in [3.63, 3.8) is 0 Å². The summed E-state index contributed by atoms with van der Waals surface area (Å²) in [5.74, 6) is 0.915. The van der Waals surface area contributed by atoms with Crippen LogP contribution in [0.2, 0.25) is 0 Å². The van der Waals surface area contributed by atoms with Crippen molar-refractivity contribution in [2.75, 3.05) is 0 Å². The highest BCUT2D eigenvalue weighted by Gasteiger charge is 1.98. The number of hydrogen-bond acceptors (Lipinski definition) is 2. The largest absolute Gasteiger partial charge is 0.341 e. The van der Waals surface area contributed by atoms with E-state index in [-0.39, 0.29) is 0 Å². The fraction of sp³-hybridized carbons (Fsp3) is 0.538. The molecule has 2 heterocycles. The van der Waals surface area contributed by atoms with Gasteiger partial charge in [0.1, 0.15) is 5.82 Å². The normalized spacial score (nSPS) is 8.88. The van der Waals surface area contributed by atoms with E-state index in [1.54, 1.807) is 0 Å². The monoisotopic (exact) mass is 221 g/mol. The van der Waals surface area contributed by atoms with Gasteiger partial charge < -0.3 is 4.98 Å². The Kier molecular flexibility index (Phi) is 7.18. The zero-order chi connectivity index (χ0) is 12.6. The van der Waals surface area contributed by atoms with Crippen molar-refractivity contribution in [1.29, 1.82) is 0 Å². The molecule has 2 rings (SSSR count). The zero-order valence-electron chi connectivity index (χ0n) is 11.3. The summed E-state index contributed by atoms with van der Waals surface area (Å²) in [6, 6.07) is 2.04. The van der Waals surface area contributed by atoms with Crippen molar-refractivity contribution in [2.24, 2.45) is 0 Å². The summed E-state index contributed by atoms with van der Waals surface area (Å²) in [5, 5.41) is 0. The van der Waals surface area contributed by atoms with Crippen molar-refractivity contribution in [1.82, 2.24) is 15.0 Å². The number of nitrogens with one attached hydrogen (secondary N) is 1. The molecule has 0 aliphatic carbocycles. The topological polar surface area (TPSA) is 41.6 Å². The highest BCUT2D eigenvalue weighted by atomic mass is 15.0. The van der Waals surface area contributed by atoms with Crippen LogP contribution in [0.4, 0.5) is 0 Å². The summed E-state index contributed by atoms with van der Waals surface area (Å²) in [6.07, 6.45) is 3.07. The van der Waals surface area contributed by atoms with E-state index in [1.165, 1.54) is 6.42 Å². The van der Waals surface area contributed by atoms with Crippen LogP contribution in [0.15, 0.2) is 12.3 Å². The van der Waals surface area contributed by atoms with Crippen molar-refractivity contribution < 1.29 is 0 Å². The lowest BCUT2D eigenvalue weighted by atomic mass is 10.3. The third-order valence-corrected chi connectivity index (χ3v) is 1.59. The van der Waals surface area contributed by atoms with Crippen LogP contribution >= 0.6 is 0 Å². The van der Waals surface area contributed by atoms with Crippen LogP contribution in [-0.4, -0.2) is 15.0 Å². The van der Waals surface area contributed by atoms with Gasteiger partial charge in [0, 0.05) is 6.20 Å². The molecule has 0 aliphatic rings. The predicted molar refractivity (Wildman–Crippen MR) is 70.7 cm³/mol. The zero-order valence-corrected chi connectivity index (χ0v) is 11.3. The molecule has 3 heteroatoms. The van der Waals surface area contributed by atoms with Crippen molar-refractivity contribution in [3.8, 4) is 0 Å². The average Bonchev–Trinajstić information content (AvgIpc) is 2.61. The van der Waals surface area contributed by atoms with Crippen molar-refractivity contribution in [3.05, 3.63) is 23.7 Å². The van der Waals surface area contributed by atoms with Gasteiger partial charge in [-0.25, -0.2) is 9.97 Å². The minimum Gasteiger partial charge on any atom is -0.341 e. The van der Waals surface area contributed by atoms with Gasteiger partial charge in [-0.1, -0.05) is 34.1 Å². The van der Waals surface area contributed by atoms with Crippen molar-refractivity contribution in [2.45, 2.75) is 48.0 Å². The summed E-state index contributed by atoms with van der Waals surface area (Å²) in [5.41, 5.74) is 2.97. The Hall–Kier alpha value is -1.38. The fourth-order valence-corrected chi connectivity index (χ4v) is 1.12. The van der Waals surface area contributed by atoms with Crippen LogP contribution in [0, 0.1) is 13.8 Å². The molecule has 0 radical (unpaired) electrons. The minimum atomic E-state index is 0.799. The Balaban J connectivity index is 0.000000394. The molecular weight excluding hydrogens is 198 g/mol. The van der Waals surface area contributed by atoms with Gasteiger partial charge in [0.15, 0.2) is 5.65 Å². The molecule has 0 atom stereocenters. The quantitative estimate of drug-likeness (QED) is 0.730. The Morgan fingerprint density at radius 2 is 1.75 bits per heavy atom. The standard InChI is InChI=1S/C8H9N3.C3H8.C2H6/c1-5-3-7-8(9-4-5)11-6(2)10-7;1-3-2;1-2/h3-4H,1-2H3,(H,9,10,11);3H2,1-2H3;1-2H3. The number of aromatic amines is 1. The van der Waals surface area contributed by atoms with E-state index in [2.05, 4.69) is 28.8 Å². The van der Waals surface area contributed by atoms with Gasteiger partial charge in [-0.3, -0.25) is 0 Å². The molecule has 0 unspecified atom stereocenters. The Morgan fingerprint density at radius 3 is 2.31 bits per heavy atom. The van der Waals surface area contributed by atoms with Gasteiger partial charge in [0.2, 0.25) is 0 Å². The number of pyridine rings is 1. The van der Waals surface area contributed by atoms with E-state index < -0.39 is 0 Å². The molecule has 2 aromatic rings. The fourth-order valence-electron chi connectivity index (χ4n) is 1.12. The molecule has 0 saturated carbocycles. The molecule has 2 aromatic heterocycles. The Bertz CT molecular complexity index is 404. The number of aryl methyl sites for hydroxylation is 2. The smallest absolute Gasteiger partial charge is 0.177 e. The lowest BCUT2D eigenvalue weighted by Gasteiger charge is -1.88. The highest BCUT2D eigenvalue weighted by molar-refractivity contribution is 5.70. The maximum atomic E-state index is 4.19. The highest BCUT2D eigenvalue weighted by Crippen LogP contribution is 2.08. The summed E-state index contributed by atoms with van der Waals surface area (Å²) in [7, 11) is 0. The first-order chi connectivity index (χ1) is 7.67. The van der Waals surface area contributed by atoms with E-state index in [4.69, 9.17) is 0 Å². The van der Waals surface area contributed by atoms with Gasteiger partial charge in [-0.15, -0.1) is 0 Å². The van der Waals surface area contributed by atoms with Crippen molar-refractivity contribution >= 4 is 11.2 Å². The average molecular weight is 221 g/mol. The van der Waals surface area contributed by atoms with Crippen LogP contribution in [0.3, 0.4) is 0 Å². The van der Waals surface area contributed by atoms with Crippen LogP contribution < -0.4 is 0 Å². The minimum absolute atomic E-state index is 0.799. The van der Waals surface area contributed by atoms with Crippen LogP contribution in [0.25, 0.3) is 11.2 Å². The second kappa shape index (κ2) is 7.85. The summed E-state index contributed by atoms with van der Waals surface area (Å²) in [6.45, 7) is 12.2. The molecular formula is C13H23N3. The second-order valence-corrected chi connectivity index (χ2v) is 3.41. The predicted octanol–water partition coefficient (Wildman–Crippen LogP) is 4.02. The van der Waals surface area contributed by atoms with Gasteiger partial charge in [-0.2, -0.15) is 0 Å². The number of aromatic nitrogens is 3. The van der Waals surface area contributed by atoms with E-state index in [1.807, 2.05) is 40.0 Å². The molecule has 90 valence electrons. The lowest BCUT2D eigenvalue weighted by Crippen LogP contribution is -1.77. The third kappa shape index (κ3) is 4.43. The number of fused-ring (bicyclic) bond motifs is 1. The van der Waals surface area contributed by atoms with Gasteiger partial charge in [0.25, 0.3) is 0 Å². The first-order valence-corrected chi connectivity index (χ1v) is 5.96. The third-order valence-electron chi connectivity index (χ3n) is 1.59. The molecule has 3 nitrogen and oxygen atoms in total. The molecule has 0 aromatic carbocycles. The number of H-pyrrole nitrogens is 1. The van der Waals surface area contributed by atoms with E-state index in [0.717, 1.165) is 22.6 Å². The van der Waals surface area contributed by atoms with E-state index in [9.17, 15) is 0 Å². The Morgan fingerprint density at radius 1 is 1.19 bits per heavy atom. The first kappa shape index (κ1) is 14.6. The number of rotatable bonds is 0. The SMILES string of the molecule is CC.CCC.Cc1cnc2nc(C)[nH]c2c1. The second-order valence-electron chi connectivity index (χ2n) is 3.41. The molecule has 0 amide bonds. The van der Waals surface area contributed by atoms with Gasteiger partial charge >= 0.3 is 0 Å². The first-order valence-electron chi connectivity index (χ1n) is 5.96. The molecule has 1 N–H and O–H groups in total. The summed E-state index contributed by atoms with van der Waals surface area (Å²) < 4.78 is 0. The van der Waals surface area contributed by atoms with Crippen LogP contribution in [0.1, 0.15) is 45.5 Å². The molecule has 0 spiro atoms. The molecule has 16 heavy (non-hydrogen) atoms. The molecule has 0 aliphatic heterocycles. The summed E-state index contributed by atoms with van der Waals surface area (Å²) >= 11 is 0. The number of hydrogen-bond donors (Lipinski definition) is 1. The van der Waals surface area contributed by atoms with Crippen LogP contribution in [-0.2, 0) is 0 Å². The van der Waals surface area contributed by atoms with Crippen LogP contribution in [0.5, 0.6) is 0 Å². The molecule has 0 bridgehead atoms. The number of imidazole rings is 1. The summed E-state index contributed by atoms with van der Waals surface area (Å²) in [4.78, 5) is 11.5. The maximum absolute atomic E-state index is 4.19.